The Morgan fingerprint density at radius 2 is 1.40 bits per heavy atom. The third-order valence-corrected chi connectivity index (χ3v) is 3.07. The zero-order chi connectivity index (χ0) is 34.4. The number of nitrogens with one attached hydrogen (secondary N) is 1. The predicted octanol–water partition coefficient (Wildman–Crippen LogP) is 3.98. The minimum Gasteiger partial charge on any atom is -0.566 e. The zero-order valence-corrected chi connectivity index (χ0v) is 32.7. The third kappa shape index (κ3) is 236. The Labute approximate surface area is 310 Å². The number of hydrogen-bond donors (Lipinski definition) is 6. The van der Waals surface area contributed by atoms with Gasteiger partial charge in [-0.25, -0.2) is 11.6 Å². The molecule has 0 aromatic carbocycles. The number of aryl methyl sites for hydroxylation is 1. The van der Waals surface area contributed by atoms with E-state index in [4.69, 9.17) is 61.4 Å². The molecule has 0 saturated heterocycles. The van der Waals surface area contributed by atoms with Crippen molar-refractivity contribution in [3.63, 3.8) is 0 Å². The third-order valence-electron chi connectivity index (χ3n) is 1.15. The van der Waals surface area contributed by atoms with Crippen LogP contribution in [0.2, 0.25) is 0 Å². The van der Waals surface area contributed by atoms with Crippen LogP contribution in [0.1, 0.15) is 69.1 Å². The Hall–Kier alpha value is -0.290. The van der Waals surface area contributed by atoms with E-state index < -0.39 is 10.6 Å². The van der Waals surface area contributed by atoms with Crippen molar-refractivity contribution in [1.82, 2.24) is 14.4 Å². The standard InChI is InChI=1S/C4H6N2S2.C3H6ClNO.C2H4ClNO.C2H5NO.C2H5O.C2H4O.C2H6.CH4S.2CH4.ClH2NO.Na.O3S/c1-3-5-4(7-2)8-6-3;1-3(4)5-6-2;1-2(3)4-5;1-2-3-4;2*1-2-3;2*1-2;;;1-2-3;;1-4(2)3/h1-2H3;1-2H3;5H,1H3;2,4H,1H3;2-3H,1H3;2H,1H3;1-2H3;2H,1H3;2*1H4;2-3H;;/q;;;;-1;;;;;;;+1;. The summed E-state index contributed by atoms with van der Waals surface area (Å²) in [5, 5.41) is 38.6. The summed E-state index contributed by atoms with van der Waals surface area (Å²) in [6, 6.07) is 0. The summed E-state index contributed by atoms with van der Waals surface area (Å²) in [5.41, 5.74) is 0. The maximum atomic E-state index is 8.81. The molecule has 1 heterocycles. The van der Waals surface area contributed by atoms with Gasteiger partial charge in [0.25, 0.3) is 0 Å². The number of aliphatic hydroxyl groups excluding tert-OH is 1. The Bertz CT molecular complexity index is 736. The van der Waals surface area contributed by atoms with E-state index in [-0.39, 0.29) is 49.6 Å². The molecule has 0 unspecified atom stereocenters. The number of carbonyl (C=O) groups is 1. The van der Waals surface area contributed by atoms with Crippen LogP contribution in [0.3, 0.4) is 0 Å². The van der Waals surface area contributed by atoms with Gasteiger partial charge in [-0.2, -0.15) is 23.9 Å². The molecule has 0 bridgehead atoms. The second-order valence-electron chi connectivity index (χ2n) is 3.84. The molecule has 0 fully saturated rings. The quantitative estimate of drug-likeness (QED) is 0.0288. The van der Waals surface area contributed by atoms with Gasteiger partial charge < -0.3 is 30.4 Å². The Balaban J connectivity index is -0.0000000255. The molecule has 0 atom stereocenters. The summed E-state index contributed by atoms with van der Waals surface area (Å²) in [6.07, 6.45) is 5.75. The van der Waals surface area contributed by atoms with Crippen molar-refractivity contribution in [2.45, 2.75) is 74.6 Å². The van der Waals surface area contributed by atoms with Gasteiger partial charge in [0, 0.05) is 18.0 Å². The number of thiol groups is 1. The predicted molar refractivity (Wildman–Crippen MR) is 183 cm³/mol. The monoisotopic (exact) mass is 774 g/mol. The number of aromatic nitrogens is 2. The van der Waals surface area contributed by atoms with Crippen molar-refractivity contribution in [3.05, 3.63) is 12.4 Å². The molecule has 1 aromatic heterocycles. The van der Waals surface area contributed by atoms with Crippen LogP contribution in [-0.4, -0.2) is 85.2 Å². The molecule has 5 N–H and O–H groups in total. The summed E-state index contributed by atoms with van der Waals surface area (Å²) in [7, 11) is -1.66. The van der Waals surface area contributed by atoms with Gasteiger partial charge in [-0.1, -0.05) is 74.0 Å². The van der Waals surface area contributed by atoms with Crippen molar-refractivity contribution in [3.8, 4) is 0 Å². The molecule has 43 heavy (non-hydrogen) atoms. The Morgan fingerprint density at radius 1 is 1.14 bits per heavy atom. The normalized spacial score (nSPS) is 7.65. The number of aldehydes is 1. The zero-order valence-electron chi connectivity index (χ0n) is 25.1. The van der Waals surface area contributed by atoms with Gasteiger partial charge in [-0.05, 0) is 58.7 Å². The maximum Gasteiger partial charge on any atom is 1.00 e. The van der Waals surface area contributed by atoms with E-state index in [1.807, 2.05) is 27.0 Å². The summed E-state index contributed by atoms with van der Waals surface area (Å²) < 4.78 is 30.4. The molecular formula is C20H50Cl3N6NaO9S4. The maximum absolute atomic E-state index is 8.81. The fourth-order valence-electron chi connectivity index (χ4n) is 0.487. The smallest absolute Gasteiger partial charge is 0.566 e. The van der Waals surface area contributed by atoms with E-state index in [0.29, 0.717) is 5.17 Å². The first kappa shape index (κ1) is 78.8. The molecule has 0 spiro atoms. The molecule has 1 aromatic rings. The molecule has 0 aliphatic rings. The topological polar surface area (TPSA) is 233 Å². The number of oxime groups is 3. The van der Waals surface area contributed by atoms with E-state index in [0.717, 1.165) is 23.1 Å². The molecule has 1 rings (SSSR count). The van der Waals surface area contributed by atoms with E-state index in [1.165, 1.54) is 43.7 Å². The first-order valence-electron chi connectivity index (χ1n) is 9.83. The van der Waals surface area contributed by atoms with Crippen molar-refractivity contribution in [2.75, 3.05) is 19.6 Å². The first-order chi connectivity index (χ1) is 18.8. The number of nitrogens with zero attached hydrogens (tertiary/aromatic N) is 5. The van der Waals surface area contributed by atoms with Crippen molar-refractivity contribution < 1.29 is 72.5 Å². The van der Waals surface area contributed by atoms with Gasteiger partial charge in [-0.15, -0.1) is 22.8 Å². The van der Waals surface area contributed by atoms with Crippen LogP contribution in [0.15, 0.2) is 19.8 Å². The second-order valence-corrected chi connectivity index (χ2v) is 7.31. The van der Waals surface area contributed by atoms with Crippen molar-refractivity contribution in [1.29, 1.82) is 0 Å². The van der Waals surface area contributed by atoms with Gasteiger partial charge in [0.15, 0.2) is 4.34 Å². The van der Waals surface area contributed by atoms with Crippen molar-refractivity contribution in [2.24, 2.45) is 15.5 Å². The van der Waals surface area contributed by atoms with E-state index in [1.54, 1.807) is 38.8 Å². The molecule has 0 radical (unpaired) electrons. The van der Waals surface area contributed by atoms with Crippen LogP contribution in [0.25, 0.3) is 0 Å². The van der Waals surface area contributed by atoms with E-state index >= 15 is 0 Å². The number of aliphatic hydroxyl groups is 1. The fourth-order valence-corrected chi connectivity index (χ4v) is 1.61. The molecule has 0 saturated carbocycles. The first-order valence-corrected chi connectivity index (χ1v) is 14.9. The molecular weight excluding hydrogens is 726 g/mol. The van der Waals surface area contributed by atoms with Gasteiger partial charge in [-0.3, -0.25) is 0 Å². The summed E-state index contributed by atoms with van der Waals surface area (Å²) in [6.45, 7) is 14.7. The van der Waals surface area contributed by atoms with Crippen LogP contribution in [0.4, 0.5) is 0 Å². The van der Waals surface area contributed by atoms with E-state index in [2.05, 4.69) is 54.1 Å². The van der Waals surface area contributed by atoms with Gasteiger partial charge in [0.1, 0.15) is 29.6 Å². The van der Waals surface area contributed by atoms with Crippen LogP contribution in [0.5, 0.6) is 0 Å². The van der Waals surface area contributed by atoms with Crippen LogP contribution < -0.4 is 34.6 Å². The molecule has 0 amide bonds. The average Bonchev–Trinajstić information content (AvgIpc) is 3.34. The van der Waals surface area contributed by atoms with Crippen molar-refractivity contribution >= 4 is 104 Å². The fraction of sp³-hybridized carbons (Fsp3) is 0.650. The molecule has 260 valence electrons. The van der Waals surface area contributed by atoms with Gasteiger partial charge >= 0.3 is 40.2 Å². The van der Waals surface area contributed by atoms with Crippen LogP contribution in [-0.2, 0) is 20.2 Å². The Morgan fingerprint density at radius 3 is 1.44 bits per heavy atom. The Kier molecular flexibility index (Phi) is 178. The largest absolute Gasteiger partial charge is 1.00 e. The molecule has 0 aliphatic heterocycles. The summed E-state index contributed by atoms with van der Waals surface area (Å²) in [5.74, 6) is 0.874. The average molecular weight is 776 g/mol. The molecule has 0 aliphatic carbocycles. The summed E-state index contributed by atoms with van der Waals surface area (Å²) >= 11 is 21.1. The SMILES string of the molecule is C.C.CC.CC(Cl)=NO.CC=NO.CC=O.CON=C(C)Cl.CS.CSc1nc(C)ns1.C[CH-]O.O=S(=O)=O.ONCl.[Na+]. The number of hydrogen-bond acceptors (Lipinski definition) is 18. The second kappa shape index (κ2) is 96.9. The number of thioether (sulfide) groups is 1. The molecule has 15 nitrogen and oxygen atoms in total. The van der Waals surface area contributed by atoms with Crippen LogP contribution >= 0.6 is 70.9 Å². The van der Waals surface area contributed by atoms with E-state index in [9.17, 15) is 0 Å². The number of rotatable bonds is 2. The summed E-state index contributed by atoms with van der Waals surface area (Å²) in [4.78, 5) is 18.4. The van der Waals surface area contributed by atoms with Crippen LogP contribution in [0, 0.1) is 13.5 Å². The minimum atomic E-state index is -3.11. The minimum absolute atomic E-state index is 0. The number of carbonyl (C=O) groups excluding carboxylic acids is 1. The van der Waals surface area contributed by atoms with Gasteiger partial charge in [0.05, 0.1) is 0 Å². The molecule has 23 heteroatoms. The van der Waals surface area contributed by atoms with Gasteiger partial charge in [0.2, 0.25) is 0 Å². The number of halogens is 3.